The van der Waals surface area contributed by atoms with Gasteiger partial charge in [-0.05, 0) is 18.4 Å². The van der Waals surface area contributed by atoms with E-state index in [-0.39, 0.29) is 0 Å². The van der Waals surface area contributed by atoms with Crippen LogP contribution in [0.15, 0.2) is 30.3 Å². The molecule has 0 heterocycles. The van der Waals surface area contributed by atoms with Gasteiger partial charge in [0, 0.05) is 0 Å². The summed E-state index contributed by atoms with van der Waals surface area (Å²) in [7, 11) is 0. The van der Waals surface area contributed by atoms with E-state index >= 15 is 0 Å². The second-order valence-corrected chi connectivity index (χ2v) is 3.46. The second-order valence-electron chi connectivity index (χ2n) is 3.46. The smallest absolute Gasteiger partial charge is 0.323 e. The molecule has 1 aromatic rings. The molecule has 1 rings (SSSR count). The highest BCUT2D eigenvalue weighted by Gasteiger charge is 2.21. The van der Waals surface area contributed by atoms with E-state index in [1.807, 2.05) is 30.3 Å². The lowest BCUT2D eigenvalue weighted by Crippen LogP contribution is -2.41. The Balaban J connectivity index is 2.41. The van der Waals surface area contributed by atoms with Gasteiger partial charge in [-0.3, -0.25) is 4.79 Å². The van der Waals surface area contributed by atoms with Gasteiger partial charge in [-0.1, -0.05) is 30.3 Å². The SMILES string of the molecule is N[C@H](C(=O)O)[C@@H](O)CCc1ccccc1. The molecule has 0 aliphatic carbocycles. The molecule has 0 spiro atoms. The molecule has 82 valence electrons. The summed E-state index contributed by atoms with van der Waals surface area (Å²) in [5.74, 6) is -1.17. The minimum Gasteiger partial charge on any atom is -0.480 e. The predicted molar refractivity (Wildman–Crippen MR) is 56.4 cm³/mol. The van der Waals surface area contributed by atoms with Crippen molar-refractivity contribution >= 4 is 5.97 Å². The molecule has 0 aliphatic heterocycles. The van der Waals surface area contributed by atoms with Gasteiger partial charge in [0.25, 0.3) is 0 Å². The molecule has 0 bridgehead atoms. The molecule has 15 heavy (non-hydrogen) atoms. The number of hydrogen-bond donors (Lipinski definition) is 3. The van der Waals surface area contributed by atoms with Crippen LogP contribution in [0.2, 0.25) is 0 Å². The summed E-state index contributed by atoms with van der Waals surface area (Å²) in [6, 6.07) is 8.37. The molecular weight excluding hydrogens is 194 g/mol. The molecule has 4 nitrogen and oxygen atoms in total. The average Bonchev–Trinajstić information content (AvgIpc) is 2.26. The number of benzene rings is 1. The predicted octanol–water partition coefficient (Wildman–Crippen LogP) is 0.392. The molecule has 0 unspecified atom stereocenters. The maximum Gasteiger partial charge on any atom is 0.323 e. The van der Waals surface area contributed by atoms with Crippen LogP contribution in [-0.2, 0) is 11.2 Å². The molecule has 0 saturated carbocycles. The largest absolute Gasteiger partial charge is 0.480 e. The number of rotatable bonds is 5. The molecule has 0 aromatic heterocycles. The Labute approximate surface area is 88.3 Å². The first-order chi connectivity index (χ1) is 7.11. The number of carboxylic acids is 1. The molecule has 0 saturated heterocycles. The molecule has 2 atom stereocenters. The molecule has 4 heteroatoms. The van der Waals surface area contributed by atoms with Crippen LogP contribution < -0.4 is 5.73 Å². The maximum atomic E-state index is 10.5. The topological polar surface area (TPSA) is 83.6 Å². The minimum absolute atomic E-state index is 0.359. The second kappa shape index (κ2) is 5.48. The van der Waals surface area contributed by atoms with E-state index in [0.717, 1.165) is 5.56 Å². The number of aliphatic carboxylic acids is 1. The van der Waals surface area contributed by atoms with Gasteiger partial charge in [0.2, 0.25) is 0 Å². The van der Waals surface area contributed by atoms with Crippen molar-refractivity contribution in [2.45, 2.75) is 25.0 Å². The highest BCUT2D eigenvalue weighted by molar-refractivity contribution is 5.73. The fourth-order valence-corrected chi connectivity index (χ4v) is 1.30. The first-order valence-electron chi connectivity index (χ1n) is 4.81. The highest BCUT2D eigenvalue weighted by atomic mass is 16.4. The Morgan fingerprint density at radius 3 is 2.47 bits per heavy atom. The molecule has 0 fully saturated rings. The summed E-state index contributed by atoms with van der Waals surface area (Å²) in [5.41, 5.74) is 6.34. The van der Waals surface area contributed by atoms with Crippen molar-refractivity contribution in [1.82, 2.24) is 0 Å². The zero-order chi connectivity index (χ0) is 11.3. The van der Waals surface area contributed by atoms with Crippen LogP contribution in [0.25, 0.3) is 0 Å². The van der Waals surface area contributed by atoms with Gasteiger partial charge in [-0.15, -0.1) is 0 Å². The number of nitrogens with two attached hydrogens (primary N) is 1. The lowest BCUT2D eigenvalue weighted by atomic mass is 10.0. The van der Waals surface area contributed by atoms with E-state index in [4.69, 9.17) is 10.8 Å². The van der Waals surface area contributed by atoms with E-state index in [0.29, 0.717) is 12.8 Å². The van der Waals surface area contributed by atoms with E-state index in [9.17, 15) is 9.90 Å². The monoisotopic (exact) mass is 209 g/mol. The molecule has 0 radical (unpaired) electrons. The number of aliphatic hydroxyl groups excluding tert-OH is 1. The fraction of sp³-hybridized carbons (Fsp3) is 0.364. The Morgan fingerprint density at radius 2 is 1.93 bits per heavy atom. The van der Waals surface area contributed by atoms with Gasteiger partial charge in [0.15, 0.2) is 0 Å². The van der Waals surface area contributed by atoms with Crippen LogP contribution in [0, 0.1) is 0 Å². The van der Waals surface area contributed by atoms with Crippen LogP contribution >= 0.6 is 0 Å². The molecule has 0 aliphatic rings. The van der Waals surface area contributed by atoms with Crippen LogP contribution in [0.4, 0.5) is 0 Å². The van der Waals surface area contributed by atoms with Gasteiger partial charge in [-0.25, -0.2) is 0 Å². The number of aliphatic hydroxyl groups is 1. The normalized spacial score (nSPS) is 14.5. The molecule has 4 N–H and O–H groups in total. The van der Waals surface area contributed by atoms with Gasteiger partial charge in [-0.2, -0.15) is 0 Å². The number of carboxylic acid groups (broad SMARTS) is 1. The Morgan fingerprint density at radius 1 is 1.33 bits per heavy atom. The van der Waals surface area contributed by atoms with Crippen molar-refractivity contribution in [3.05, 3.63) is 35.9 Å². The van der Waals surface area contributed by atoms with Crippen LogP contribution in [0.3, 0.4) is 0 Å². The third-order valence-electron chi connectivity index (χ3n) is 2.27. The zero-order valence-corrected chi connectivity index (χ0v) is 8.34. The summed E-state index contributed by atoms with van der Waals surface area (Å²) >= 11 is 0. The maximum absolute atomic E-state index is 10.5. The Kier molecular flexibility index (Phi) is 4.27. The van der Waals surface area contributed by atoms with Gasteiger partial charge >= 0.3 is 5.97 Å². The van der Waals surface area contributed by atoms with Gasteiger partial charge in [0.05, 0.1) is 6.10 Å². The summed E-state index contributed by atoms with van der Waals surface area (Å²) in [6.07, 6.45) is -0.0109. The Hall–Kier alpha value is -1.39. The lowest BCUT2D eigenvalue weighted by Gasteiger charge is -2.14. The third kappa shape index (κ3) is 3.69. The quantitative estimate of drug-likeness (QED) is 0.655. The number of aryl methyl sites for hydroxylation is 1. The average molecular weight is 209 g/mol. The zero-order valence-electron chi connectivity index (χ0n) is 8.34. The van der Waals surface area contributed by atoms with Crippen LogP contribution in [0.5, 0.6) is 0 Å². The number of carbonyl (C=O) groups is 1. The van der Waals surface area contributed by atoms with E-state index in [2.05, 4.69) is 0 Å². The first kappa shape index (κ1) is 11.7. The van der Waals surface area contributed by atoms with Crippen molar-refractivity contribution in [2.75, 3.05) is 0 Å². The highest BCUT2D eigenvalue weighted by Crippen LogP contribution is 2.06. The summed E-state index contributed by atoms with van der Waals surface area (Å²) in [5, 5.41) is 18.0. The summed E-state index contributed by atoms with van der Waals surface area (Å²) in [4.78, 5) is 10.5. The van der Waals surface area contributed by atoms with Crippen LogP contribution in [-0.4, -0.2) is 28.3 Å². The van der Waals surface area contributed by atoms with Gasteiger partial charge < -0.3 is 15.9 Å². The third-order valence-corrected chi connectivity index (χ3v) is 2.27. The Bertz CT molecular complexity index is 313. The lowest BCUT2D eigenvalue weighted by molar-refractivity contribution is -0.141. The van der Waals surface area contributed by atoms with Crippen molar-refractivity contribution < 1.29 is 15.0 Å². The fourth-order valence-electron chi connectivity index (χ4n) is 1.30. The van der Waals surface area contributed by atoms with Gasteiger partial charge in [0.1, 0.15) is 6.04 Å². The number of hydrogen-bond acceptors (Lipinski definition) is 3. The standard InChI is InChI=1S/C11H15NO3/c12-10(11(14)15)9(13)7-6-8-4-2-1-3-5-8/h1-5,9-10,13H,6-7,12H2,(H,14,15)/t9-,10-/m0/s1. The minimum atomic E-state index is -1.20. The molecular formula is C11H15NO3. The van der Waals surface area contributed by atoms with E-state index in [1.165, 1.54) is 0 Å². The first-order valence-corrected chi connectivity index (χ1v) is 4.81. The van der Waals surface area contributed by atoms with E-state index < -0.39 is 18.1 Å². The summed E-state index contributed by atoms with van der Waals surface area (Å²) in [6.45, 7) is 0. The van der Waals surface area contributed by atoms with E-state index in [1.54, 1.807) is 0 Å². The summed E-state index contributed by atoms with van der Waals surface area (Å²) < 4.78 is 0. The molecule has 1 aromatic carbocycles. The molecule has 0 amide bonds. The van der Waals surface area contributed by atoms with Crippen LogP contribution in [0.1, 0.15) is 12.0 Å². The van der Waals surface area contributed by atoms with Crippen molar-refractivity contribution in [2.24, 2.45) is 5.73 Å². The van der Waals surface area contributed by atoms with Crippen molar-refractivity contribution in [3.63, 3.8) is 0 Å². The van der Waals surface area contributed by atoms with Crippen molar-refractivity contribution in [3.8, 4) is 0 Å². The van der Waals surface area contributed by atoms with Crippen molar-refractivity contribution in [1.29, 1.82) is 0 Å².